The summed E-state index contributed by atoms with van der Waals surface area (Å²) in [4.78, 5) is 30.0. The Kier molecular flexibility index (Phi) is 16.1. The summed E-state index contributed by atoms with van der Waals surface area (Å²) in [5, 5.41) is 9.02. The van der Waals surface area contributed by atoms with Crippen LogP contribution >= 0.6 is 24.0 Å². The molecule has 0 heterocycles. The van der Waals surface area contributed by atoms with E-state index in [2.05, 4.69) is 34.8 Å². The van der Waals surface area contributed by atoms with Gasteiger partial charge < -0.3 is 25.6 Å². The molecule has 1 atom stereocenters. The van der Waals surface area contributed by atoms with Crippen molar-refractivity contribution in [2.24, 2.45) is 10.9 Å². The second-order valence-electron chi connectivity index (χ2n) is 8.28. The zero-order valence-corrected chi connectivity index (χ0v) is 21.8. The summed E-state index contributed by atoms with van der Waals surface area (Å²) in [6.45, 7) is 13.7. The maximum atomic E-state index is 12.1. The van der Waals surface area contributed by atoms with Crippen molar-refractivity contribution in [1.82, 2.24) is 20.9 Å². The van der Waals surface area contributed by atoms with Gasteiger partial charge in [-0.3, -0.25) is 9.79 Å². The SMILES string of the molecule is CCCNC(=O)CCNC(=NC)N(C)CCC(NC(=O)OC(C)(C)C)C(C)C.I. The molecule has 0 aliphatic rings. The number of aliphatic imine (C=N–C) groups is 1. The molecule has 29 heavy (non-hydrogen) atoms. The number of nitrogens with zero attached hydrogens (tertiary/aromatic N) is 2. The van der Waals surface area contributed by atoms with E-state index in [1.165, 1.54) is 0 Å². The Morgan fingerprint density at radius 3 is 2.24 bits per heavy atom. The summed E-state index contributed by atoms with van der Waals surface area (Å²) in [5.41, 5.74) is -0.516. The maximum Gasteiger partial charge on any atom is 0.407 e. The number of carbonyl (C=O) groups is 2. The van der Waals surface area contributed by atoms with E-state index >= 15 is 0 Å². The van der Waals surface area contributed by atoms with Crippen molar-refractivity contribution in [3.05, 3.63) is 0 Å². The first-order chi connectivity index (χ1) is 13.0. The highest BCUT2D eigenvalue weighted by atomic mass is 127. The molecule has 0 bridgehead atoms. The van der Waals surface area contributed by atoms with Gasteiger partial charge in [0, 0.05) is 46.2 Å². The van der Waals surface area contributed by atoms with Gasteiger partial charge in [0.05, 0.1) is 0 Å². The lowest BCUT2D eigenvalue weighted by Gasteiger charge is -2.28. The first kappa shape index (κ1) is 29.9. The van der Waals surface area contributed by atoms with Crippen LogP contribution in [0.2, 0.25) is 0 Å². The summed E-state index contributed by atoms with van der Waals surface area (Å²) in [6.07, 6.45) is 1.69. The van der Waals surface area contributed by atoms with E-state index in [0.29, 0.717) is 26.1 Å². The summed E-state index contributed by atoms with van der Waals surface area (Å²) in [6, 6.07) is -0.00442. The number of rotatable bonds is 10. The van der Waals surface area contributed by atoms with E-state index in [1.807, 2.05) is 39.6 Å². The molecule has 0 aromatic heterocycles. The van der Waals surface area contributed by atoms with Crippen LogP contribution in [0.3, 0.4) is 0 Å². The summed E-state index contributed by atoms with van der Waals surface area (Å²) >= 11 is 0. The smallest absolute Gasteiger partial charge is 0.407 e. The first-order valence-corrected chi connectivity index (χ1v) is 10.2. The standard InChI is InChI=1S/C20H41N5O3.HI/c1-9-12-22-17(26)10-13-23-18(21-7)25(8)14-11-16(15(2)3)24-19(27)28-20(4,5)6;/h15-16H,9-14H2,1-8H3,(H,21,23)(H,22,26)(H,24,27);1H. The zero-order chi connectivity index (χ0) is 21.7. The van der Waals surface area contributed by atoms with Gasteiger partial charge in [0.1, 0.15) is 5.60 Å². The van der Waals surface area contributed by atoms with Crippen molar-refractivity contribution < 1.29 is 14.3 Å². The highest BCUT2D eigenvalue weighted by molar-refractivity contribution is 14.0. The number of amides is 2. The summed E-state index contributed by atoms with van der Waals surface area (Å²) < 4.78 is 5.36. The number of halogens is 1. The highest BCUT2D eigenvalue weighted by Gasteiger charge is 2.22. The number of ether oxygens (including phenoxy) is 1. The van der Waals surface area contributed by atoms with E-state index in [0.717, 1.165) is 18.8 Å². The molecule has 0 rings (SSSR count). The lowest BCUT2D eigenvalue weighted by molar-refractivity contribution is -0.120. The molecule has 3 N–H and O–H groups in total. The van der Waals surface area contributed by atoms with Gasteiger partial charge in [0.15, 0.2) is 5.96 Å². The molecule has 172 valence electrons. The number of guanidine groups is 1. The van der Waals surface area contributed by atoms with Gasteiger partial charge in [-0.25, -0.2) is 4.79 Å². The molecule has 0 saturated carbocycles. The molecular formula is C20H42IN5O3. The molecule has 9 heteroatoms. The van der Waals surface area contributed by atoms with Crippen molar-refractivity contribution in [2.75, 3.05) is 33.7 Å². The Balaban J connectivity index is 0. The molecule has 0 radical (unpaired) electrons. The second kappa shape index (κ2) is 15.6. The second-order valence-corrected chi connectivity index (χ2v) is 8.28. The third-order valence-corrected chi connectivity index (χ3v) is 4.06. The minimum Gasteiger partial charge on any atom is -0.444 e. The largest absolute Gasteiger partial charge is 0.444 e. The van der Waals surface area contributed by atoms with Crippen LogP contribution < -0.4 is 16.0 Å². The zero-order valence-electron chi connectivity index (χ0n) is 19.4. The van der Waals surface area contributed by atoms with Gasteiger partial charge in [-0.1, -0.05) is 20.8 Å². The van der Waals surface area contributed by atoms with Crippen molar-refractivity contribution in [3.8, 4) is 0 Å². The van der Waals surface area contributed by atoms with Crippen LogP contribution in [0.4, 0.5) is 4.79 Å². The quantitative estimate of drug-likeness (QED) is 0.231. The van der Waals surface area contributed by atoms with Gasteiger partial charge in [0.25, 0.3) is 0 Å². The molecule has 8 nitrogen and oxygen atoms in total. The van der Waals surface area contributed by atoms with Crippen molar-refractivity contribution in [1.29, 1.82) is 0 Å². The molecule has 0 aromatic carbocycles. The lowest BCUT2D eigenvalue weighted by Crippen LogP contribution is -2.45. The fraction of sp³-hybridized carbons (Fsp3) is 0.850. The predicted octanol–water partition coefficient (Wildman–Crippen LogP) is 2.97. The Bertz CT molecular complexity index is 507. The Labute approximate surface area is 194 Å². The van der Waals surface area contributed by atoms with Crippen molar-refractivity contribution >= 4 is 41.9 Å². The monoisotopic (exact) mass is 527 g/mol. The molecular weight excluding hydrogens is 485 g/mol. The Hall–Kier alpha value is -1.26. The van der Waals surface area contributed by atoms with Crippen LogP contribution in [0, 0.1) is 5.92 Å². The minimum absolute atomic E-state index is 0. The summed E-state index contributed by atoms with van der Waals surface area (Å²) in [7, 11) is 3.66. The molecule has 0 spiro atoms. The van der Waals surface area contributed by atoms with Crippen LogP contribution in [-0.4, -0.2) is 68.2 Å². The fourth-order valence-corrected chi connectivity index (χ4v) is 2.50. The van der Waals surface area contributed by atoms with E-state index in [9.17, 15) is 9.59 Å². The van der Waals surface area contributed by atoms with E-state index in [1.54, 1.807) is 7.05 Å². The maximum absolute atomic E-state index is 12.1. The van der Waals surface area contributed by atoms with Gasteiger partial charge in [-0.15, -0.1) is 24.0 Å². The number of alkyl carbamates (subject to hydrolysis) is 1. The molecule has 0 saturated heterocycles. The van der Waals surface area contributed by atoms with E-state index < -0.39 is 11.7 Å². The molecule has 0 aromatic rings. The third kappa shape index (κ3) is 15.3. The van der Waals surface area contributed by atoms with Gasteiger partial charge in [0.2, 0.25) is 5.91 Å². The Morgan fingerprint density at radius 1 is 1.14 bits per heavy atom. The highest BCUT2D eigenvalue weighted by Crippen LogP contribution is 2.11. The number of hydrogen-bond acceptors (Lipinski definition) is 4. The van der Waals surface area contributed by atoms with Crippen LogP contribution in [0.1, 0.15) is 60.8 Å². The number of nitrogens with one attached hydrogen (secondary N) is 3. The molecule has 1 unspecified atom stereocenters. The topological polar surface area (TPSA) is 95.1 Å². The first-order valence-electron chi connectivity index (χ1n) is 10.2. The lowest BCUT2D eigenvalue weighted by atomic mass is 10.0. The summed E-state index contributed by atoms with van der Waals surface area (Å²) in [5.74, 6) is 1.04. The van der Waals surface area contributed by atoms with Gasteiger partial charge in [-0.2, -0.15) is 0 Å². The van der Waals surface area contributed by atoms with Crippen molar-refractivity contribution in [2.45, 2.75) is 72.4 Å². The molecule has 0 aliphatic carbocycles. The average molecular weight is 527 g/mol. The minimum atomic E-state index is -0.516. The van der Waals surface area contributed by atoms with Crippen molar-refractivity contribution in [3.63, 3.8) is 0 Å². The third-order valence-electron chi connectivity index (χ3n) is 4.06. The Morgan fingerprint density at radius 2 is 1.76 bits per heavy atom. The van der Waals surface area contributed by atoms with E-state index in [4.69, 9.17) is 4.74 Å². The average Bonchev–Trinajstić information content (AvgIpc) is 2.58. The van der Waals surface area contributed by atoms with Crippen LogP contribution in [0.25, 0.3) is 0 Å². The van der Waals surface area contributed by atoms with E-state index in [-0.39, 0.29) is 41.8 Å². The normalized spacial score (nSPS) is 12.7. The van der Waals surface area contributed by atoms with Crippen LogP contribution in [0.15, 0.2) is 4.99 Å². The molecule has 0 fully saturated rings. The molecule has 0 aliphatic heterocycles. The van der Waals surface area contributed by atoms with Gasteiger partial charge in [-0.05, 0) is 39.5 Å². The predicted molar refractivity (Wildman–Crippen MR) is 130 cm³/mol. The fourth-order valence-electron chi connectivity index (χ4n) is 2.50. The number of carbonyl (C=O) groups excluding carboxylic acids is 2. The van der Waals surface area contributed by atoms with Gasteiger partial charge >= 0.3 is 6.09 Å². The molecule has 2 amide bonds. The van der Waals surface area contributed by atoms with Crippen LogP contribution in [-0.2, 0) is 9.53 Å². The van der Waals surface area contributed by atoms with Crippen LogP contribution in [0.5, 0.6) is 0 Å². The number of hydrogen-bond donors (Lipinski definition) is 3.